The Bertz CT molecular complexity index is 489. The maximum atomic E-state index is 6.22. The zero-order valence-electron chi connectivity index (χ0n) is 12.2. The molecule has 1 fully saturated rings. The molecule has 21 heavy (non-hydrogen) atoms. The van der Waals surface area contributed by atoms with Crippen LogP contribution in [0, 0.1) is 0 Å². The second kappa shape index (κ2) is 7.19. The molecule has 116 valence electrons. The quantitative estimate of drug-likeness (QED) is 0.907. The van der Waals surface area contributed by atoms with Crippen molar-refractivity contribution in [1.29, 1.82) is 0 Å². The molecule has 0 spiro atoms. The van der Waals surface area contributed by atoms with Crippen molar-refractivity contribution in [1.82, 2.24) is 10.2 Å². The highest BCUT2D eigenvalue weighted by molar-refractivity contribution is 6.35. The Labute approximate surface area is 136 Å². The lowest BCUT2D eigenvalue weighted by molar-refractivity contribution is 0.215. The highest BCUT2D eigenvalue weighted by Gasteiger charge is 2.24. The Morgan fingerprint density at radius 3 is 2.81 bits per heavy atom. The van der Waals surface area contributed by atoms with Crippen LogP contribution in [0.3, 0.4) is 0 Å². The van der Waals surface area contributed by atoms with E-state index >= 15 is 0 Å². The lowest BCUT2D eigenvalue weighted by Gasteiger charge is -2.30. The van der Waals surface area contributed by atoms with Crippen molar-refractivity contribution in [3.63, 3.8) is 0 Å². The monoisotopic (exact) mass is 328 g/mol. The molecular weight excluding hydrogens is 307 g/mol. The van der Waals surface area contributed by atoms with E-state index < -0.39 is 0 Å². The van der Waals surface area contributed by atoms with Crippen molar-refractivity contribution in [2.45, 2.75) is 31.7 Å². The summed E-state index contributed by atoms with van der Waals surface area (Å²) in [5.41, 5.74) is 1.09. The van der Waals surface area contributed by atoms with Crippen LogP contribution < -0.4 is 10.1 Å². The van der Waals surface area contributed by atoms with Gasteiger partial charge in [-0.05, 0) is 38.1 Å². The summed E-state index contributed by atoms with van der Waals surface area (Å²) in [7, 11) is 0. The molecule has 5 heteroatoms. The molecule has 1 N–H and O–H groups in total. The molecule has 3 nitrogen and oxygen atoms in total. The summed E-state index contributed by atoms with van der Waals surface area (Å²) in [5, 5.41) is 4.92. The van der Waals surface area contributed by atoms with E-state index in [0.29, 0.717) is 16.7 Å². The molecule has 2 aliphatic heterocycles. The van der Waals surface area contributed by atoms with Gasteiger partial charge in [0.25, 0.3) is 0 Å². The number of ether oxygens (including phenoxy) is 1. The summed E-state index contributed by atoms with van der Waals surface area (Å²) in [5.74, 6) is 0.794. The SMILES string of the molecule is Clc1cc(Cl)c2c(c1)C(NCCN1CCCCC1)CCO2. The van der Waals surface area contributed by atoms with Gasteiger partial charge in [0.05, 0.1) is 11.6 Å². The van der Waals surface area contributed by atoms with Crippen molar-refractivity contribution < 1.29 is 4.74 Å². The number of halogens is 2. The number of rotatable bonds is 4. The van der Waals surface area contributed by atoms with E-state index in [1.165, 1.54) is 32.4 Å². The van der Waals surface area contributed by atoms with E-state index in [9.17, 15) is 0 Å². The Morgan fingerprint density at radius 2 is 2.00 bits per heavy atom. The fraction of sp³-hybridized carbons (Fsp3) is 0.625. The average molecular weight is 329 g/mol. The maximum Gasteiger partial charge on any atom is 0.142 e. The minimum atomic E-state index is 0.287. The number of hydrogen-bond donors (Lipinski definition) is 1. The summed E-state index contributed by atoms with van der Waals surface area (Å²) < 4.78 is 5.69. The smallest absolute Gasteiger partial charge is 0.142 e. The first-order chi connectivity index (χ1) is 10.2. The molecule has 2 aliphatic rings. The highest BCUT2D eigenvalue weighted by atomic mass is 35.5. The molecule has 1 aromatic carbocycles. The number of nitrogens with zero attached hydrogens (tertiary/aromatic N) is 1. The highest BCUT2D eigenvalue weighted by Crippen LogP contribution is 2.39. The maximum absolute atomic E-state index is 6.22. The van der Waals surface area contributed by atoms with Gasteiger partial charge in [0.2, 0.25) is 0 Å². The van der Waals surface area contributed by atoms with Gasteiger partial charge < -0.3 is 15.0 Å². The third-order valence-corrected chi connectivity index (χ3v) is 4.83. The predicted octanol–water partition coefficient (Wildman–Crippen LogP) is 3.89. The van der Waals surface area contributed by atoms with Gasteiger partial charge in [0.15, 0.2) is 0 Å². The average Bonchev–Trinajstić information content (AvgIpc) is 2.49. The van der Waals surface area contributed by atoms with Gasteiger partial charge in [-0.3, -0.25) is 0 Å². The number of hydrogen-bond acceptors (Lipinski definition) is 3. The number of piperidine rings is 1. The lowest BCUT2D eigenvalue weighted by atomic mass is 10.0. The molecule has 0 amide bonds. The molecule has 2 heterocycles. The number of nitrogens with one attached hydrogen (secondary N) is 1. The zero-order chi connectivity index (χ0) is 14.7. The summed E-state index contributed by atoms with van der Waals surface area (Å²) in [6, 6.07) is 4.01. The van der Waals surface area contributed by atoms with Crippen molar-refractivity contribution in [3.05, 3.63) is 27.7 Å². The summed E-state index contributed by atoms with van der Waals surface area (Å²) in [4.78, 5) is 2.54. The molecule has 1 aromatic rings. The summed E-state index contributed by atoms with van der Waals surface area (Å²) >= 11 is 12.4. The number of fused-ring (bicyclic) bond motifs is 1. The predicted molar refractivity (Wildman–Crippen MR) is 87.6 cm³/mol. The van der Waals surface area contributed by atoms with E-state index in [4.69, 9.17) is 27.9 Å². The van der Waals surface area contributed by atoms with E-state index in [1.54, 1.807) is 6.07 Å². The molecule has 0 aromatic heterocycles. The Balaban J connectivity index is 1.60. The summed E-state index contributed by atoms with van der Waals surface area (Å²) in [6.07, 6.45) is 5.02. The van der Waals surface area contributed by atoms with Crippen molar-refractivity contribution >= 4 is 23.2 Å². The van der Waals surface area contributed by atoms with Crippen LogP contribution in [0.15, 0.2) is 12.1 Å². The lowest BCUT2D eigenvalue weighted by Crippen LogP contribution is -2.37. The van der Waals surface area contributed by atoms with Crippen LogP contribution in [0.25, 0.3) is 0 Å². The first kappa shape index (κ1) is 15.4. The van der Waals surface area contributed by atoms with Crippen LogP contribution in [0.1, 0.15) is 37.3 Å². The molecule has 0 bridgehead atoms. The Kier molecular flexibility index (Phi) is 5.28. The van der Waals surface area contributed by atoms with Crippen LogP contribution >= 0.6 is 23.2 Å². The van der Waals surface area contributed by atoms with Crippen LogP contribution in [-0.2, 0) is 0 Å². The van der Waals surface area contributed by atoms with Crippen molar-refractivity contribution in [2.24, 2.45) is 0 Å². The molecule has 0 saturated carbocycles. The molecule has 0 aliphatic carbocycles. The Hall–Kier alpha value is -0.480. The second-order valence-corrected chi connectivity index (χ2v) is 6.70. The zero-order valence-corrected chi connectivity index (χ0v) is 13.7. The normalized spacial score (nSPS) is 22.7. The van der Waals surface area contributed by atoms with Gasteiger partial charge in [0.1, 0.15) is 5.75 Å². The molecule has 1 atom stereocenters. The van der Waals surface area contributed by atoms with E-state index in [-0.39, 0.29) is 6.04 Å². The number of likely N-dealkylation sites (tertiary alicyclic amines) is 1. The molecule has 1 saturated heterocycles. The molecular formula is C16H22Cl2N2O. The molecule has 3 rings (SSSR count). The van der Waals surface area contributed by atoms with Gasteiger partial charge in [0, 0.05) is 36.1 Å². The van der Waals surface area contributed by atoms with Crippen molar-refractivity contribution in [2.75, 3.05) is 32.8 Å². The summed E-state index contributed by atoms with van der Waals surface area (Å²) in [6.45, 7) is 5.29. The third-order valence-electron chi connectivity index (χ3n) is 4.33. The standard InChI is InChI=1S/C16H22Cl2N2O/c17-12-10-13-15(4-9-21-16(13)14(18)11-12)19-5-8-20-6-2-1-3-7-20/h10-11,15,19H,1-9H2. The first-order valence-corrected chi connectivity index (χ1v) is 8.57. The van der Waals surface area contributed by atoms with Crippen LogP contribution in [-0.4, -0.2) is 37.7 Å². The second-order valence-electron chi connectivity index (χ2n) is 5.85. The van der Waals surface area contributed by atoms with Crippen molar-refractivity contribution in [3.8, 4) is 5.75 Å². The van der Waals surface area contributed by atoms with Crippen LogP contribution in [0.5, 0.6) is 5.75 Å². The van der Waals surface area contributed by atoms with Gasteiger partial charge in [-0.1, -0.05) is 29.6 Å². The van der Waals surface area contributed by atoms with Gasteiger partial charge in [-0.15, -0.1) is 0 Å². The van der Waals surface area contributed by atoms with Gasteiger partial charge in [-0.25, -0.2) is 0 Å². The third kappa shape index (κ3) is 3.84. The van der Waals surface area contributed by atoms with Gasteiger partial charge in [-0.2, -0.15) is 0 Å². The fourth-order valence-corrected chi connectivity index (χ4v) is 3.78. The van der Waals surface area contributed by atoms with E-state index in [0.717, 1.165) is 30.8 Å². The molecule has 0 radical (unpaired) electrons. The topological polar surface area (TPSA) is 24.5 Å². The van der Waals surface area contributed by atoms with Crippen LogP contribution in [0.2, 0.25) is 10.0 Å². The molecule has 1 unspecified atom stereocenters. The first-order valence-electron chi connectivity index (χ1n) is 7.81. The minimum absolute atomic E-state index is 0.287. The number of benzene rings is 1. The van der Waals surface area contributed by atoms with Crippen LogP contribution in [0.4, 0.5) is 0 Å². The fourth-order valence-electron chi connectivity index (χ4n) is 3.22. The largest absolute Gasteiger partial charge is 0.492 e. The minimum Gasteiger partial charge on any atom is -0.492 e. The van der Waals surface area contributed by atoms with Gasteiger partial charge >= 0.3 is 0 Å². The Morgan fingerprint density at radius 1 is 1.19 bits per heavy atom. The van der Waals surface area contributed by atoms with E-state index in [1.807, 2.05) is 6.07 Å². The van der Waals surface area contributed by atoms with E-state index in [2.05, 4.69) is 10.2 Å².